The average Bonchev–Trinajstić information content (AvgIpc) is 2.95. The Morgan fingerprint density at radius 3 is 1.77 bits per heavy atom. The Kier molecular flexibility index (Phi) is 10.7. The molecule has 3 rings (SSSR count). The van der Waals surface area contributed by atoms with Crippen molar-refractivity contribution in [2.75, 3.05) is 14.2 Å². The Morgan fingerprint density at radius 2 is 1.30 bits per heavy atom. The van der Waals surface area contributed by atoms with Gasteiger partial charge in [0.2, 0.25) is 0 Å². The summed E-state index contributed by atoms with van der Waals surface area (Å²) in [5.41, 5.74) is 1.10. The average molecular weight is 570 g/mol. The molecule has 0 spiro atoms. The Balaban J connectivity index is 1.96. The maximum absolute atomic E-state index is 14.6. The topological polar surface area (TPSA) is 126 Å². The molecule has 1 atom stereocenters. The van der Waals surface area contributed by atoms with Gasteiger partial charge in [0.25, 0.3) is 0 Å². The minimum Gasteiger partial charge on any atom is -0.465 e. The van der Waals surface area contributed by atoms with Crippen LogP contribution in [0.15, 0.2) is 78.9 Å². The highest BCUT2D eigenvalue weighted by Gasteiger charge is 2.41. The number of ether oxygens (including phenoxy) is 3. The molecule has 0 aromatic heterocycles. The third kappa shape index (κ3) is 8.61. The van der Waals surface area contributed by atoms with E-state index in [1.54, 1.807) is 12.1 Å². The molecule has 3 aromatic carbocycles. The fourth-order valence-corrected chi connectivity index (χ4v) is 5.70. The van der Waals surface area contributed by atoms with Crippen molar-refractivity contribution >= 4 is 25.6 Å². The van der Waals surface area contributed by atoms with E-state index in [0.29, 0.717) is 0 Å². The lowest BCUT2D eigenvalue weighted by Crippen LogP contribution is -2.38. The SMILES string of the molecule is COC(=O)c1cccc(OP(=O)(Oc2cccc(C(=O)OC)c2)[C@@H](CC(C)C)NC(=O)OCc2ccccc2)c1. The summed E-state index contributed by atoms with van der Waals surface area (Å²) in [5, 5.41) is 2.64. The number of rotatable bonds is 12. The number of benzene rings is 3. The number of nitrogens with one attached hydrogen (secondary N) is 1. The molecule has 10 nitrogen and oxygen atoms in total. The molecular formula is C29H32NO9P. The quantitative estimate of drug-likeness (QED) is 0.154. The van der Waals surface area contributed by atoms with Crippen LogP contribution in [-0.2, 0) is 25.4 Å². The molecule has 0 bridgehead atoms. The molecule has 0 aliphatic heterocycles. The first-order valence-corrected chi connectivity index (χ1v) is 14.1. The first-order chi connectivity index (χ1) is 19.1. The van der Waals surface area contributed by atoms with Crippen molar-refractivity contribution in [3.8, 4) is 11.5 Å². The summed E-state index contributed by atoms with van der Waals surface area (Å²) < 4.78 is 41.3. The maximum Gasteiger partial charge on any atom is 0.453 e. The zero-order valence-electron chi connectivity index (χ0n) is 22.7. The minimum atomic E-state index is -4.31. The molecule has 1 N–H and O–H groups in total. The van der Waals surface area contributed by atoms with E-state index in [0.717, 1.165) is 5.56 Å². The van der Waals surface area contributed by atoms with Crippen LogP contribution in [0.5, 0.6) is 11.5 Å². The monoisotopic (exact) mass is 569 g/mol. The van der Waals surface area contributed by atoms with Crippen molar-refractivity contribution < 1.29 is 42.2 Å². The van der Waals surface area contributed by atoms with Crippen molar-refractivity contribution in [1.29, 1.82) is 0 Å². The maximum atomic E-state index is 14.6. The van der Waals surface area contributed by atoms with Gasteiger partial charge in [-0.15, -0.1) is 0 Å². The minimum absolute atomic E-state index is 0.00453. The van der Waals surface area contributed by atoms with E-state index in [1.165, 1.54) is 62.8 Å². The molecule has 11 heteroatoms. The van der Waals surface area contributed by atoms with Crippen LogP contribution in [0.3, 0.4) is 0 Å². The molecule has 0 heterocycles. The zero-order valence-corrected chi connectivity index (χ0v) is 23.6. The Hall–Kier alpha value is -4.30. The number of carbonyl (C=O) groups excluding carboxylic acids is 3. The van der Waals surface area contributed by atoms with Gasteiger partial charge in [-0.3, -0.25) is 0 Å². The summed E-state index contributed by atoms with van der Waals surface area (Å²) >= 11 is 0. The first kappa shape index (κ1) is 30.2. The van der Waals surface area contributed by atoms with Crippen molar-refractivity contribution in [1.82, 2.24) is 5.32 Å². The van der Waals surface area contributed by atoms with Crippen molar-refractivity contribution in [2.45, 2.75) is 32.7 Å². The van der Waals surface area contributed by atoms with Crippen LogP contribution in [0, 0.1) is 5.92 Å². The van der Waals surface area contributed by atoms with E-state index in [-0.39, 0.29) is 41.6 Å². The molecule has 0 aliphatic rings. The standard InChI is InChI=1S/C29H32NO9P/c1-20(2)16-26(30-29(33)37-19-21-10-6-5-7-11-21)40(34,38-24-14-8-12-22(17-24)27(31)35-3)39-25-15-9-13-23(18-25)28(32)36-4/h5-15,17-18,20,26H,16,19H2,1-4H3,(H,30,33)/t26-/m0/s1. The highest BCUT2D eigenvalue weighted by molar-refractivity contribution is 7.55. The predicted octanol–water partition coefficient (Wildman–Crippen LogP) is 6.21. The molecule has 0 saturated heterocycles. The summed E-state index contributed by atoms with van der Waals surface area (Å²) in [6.07, 6.45) is -0.640. The molecule has 40 heavy (non-hydrogen) atoms. The van der Waals surface area contributed by atoms with Gasteiger partial charge < -0.3 is 28.6 Å². The van der Waals surface area contributed by atoms with E-state index >= 15 is 0 Å². The van der Waals surface area contributed by atoms with E-state index < -0.39 is 31.4 Å². The molecule has 0 radical (unpaired) electrons. The van der Waals surface area contributed by atoms with Gasteiger partial charge in [0.1, 0.15) is 18.1 Å². The van der Waals surface area contributed by atoms with Gasteiger partial charge in [0.05, 0.1) is 25.3 Å². The first-order valence-electron chi connectivity index (χ1n) is 12.5. The van der Waals surface area contributed by atoms with Crippen molar-refractivity contribution in [2.24, 2.45) is 5.92 Å². The molecule has 0 unspecified atom stereocenters. The number of alkyl carbamates (subject to hydrolysis) is 1. The second kappa shape index (κ2) is 14.2. The van der Waals surface area contributed by atoms with E-state index in [4.69, 9.17) is 23.3 Å². The summed E-state index contributed by atoms with van der Waals surface area (Å²) in [7, 11) is -1.83. The normalized spacial score (nSPS) is 11.7. The van der Waals surface area contributed by atoms with E-state index in [2.05, 4.69) is 5.32 Å². The molecular weight excluding hydrogens is 537 g/mol. The summed E-state index contributed by atoms with van der Waals surface area (Å²) in [4.78, 5) is 37.0. The molecule has 1 amide bonds. The van der Waals surface area contributed by atoms with Gasteiger partial charge in [-0.05, 0) is 54.3 Å². The highest BCUT2D eigenvalue weighted by atomic mass is 31.2. The smallest absolute Gasteiger partial charge is 0.453 e. The number of hydrogen-bond acceptors (Lipinski definition) is 9. The summed E-state index contributed by atoms with van der Waals surface area (Å²) in [5.74, 6) is -2.36. The number of esters is 2. The van der Waals surface area contributed by atoms with Crippen molar-refractivity contribution in [3.63, 3.8) is 0 Å². The van der Waals surface area contributed by atoms with Crippen LogP contribution >= 0.6 is 7.60 Å². The van der Waals surface area contributed by atoms with Crippen LogP contribution in [0.25, 0.3) is 0 Å². The van der Waals surface area contributed by atoms with E-state index in [9.17, 15) is 18.9 Å². The Bertz CT molecular complexity index is 1290. The van der Waals surface area contributed by atoms with Gasteiger partial charge in [-0.2, -0.15) is 0 Å². The fourth-order valence-electron chi connectivity index (χ4n) is 3.65. The Labute approximate surface area is 233 Å². The van der Waals surface area contributed by atoms with Crippen LogP contribution < -0.4 is 14.4 Å². The largest absolute Gasteiger partial charge is 0.465 e. The summed E-state index contributed by atoms with van der Waals surface area (Å²) in [6, 6.07) is 20.9. The van der Waals surface area contributed by atoms with Crippen LogP contribution in [-0.4, -0.2) is 38.0 Å². The van der Waals surface area contributed by atoms with Gasteiger partial charge in [0, 0.05) is 0 Å². The third-order valence-electron chi connectivity index (χ3n) is 5.55. The molecule has 0 aliphatic carbocycles. The number of hydrogen-bond donors (Lipinski definition) is 1. The lowest BCUT2D eigenvalue weighted by Gasteiger charge is -2.29. The highest BCUT2D eigenvalue weighted by Crippen LogP contribution is 2.54. The molecule has 0 saturated carbocycles. The van der Waals surface area contributed by atoms with Gasteiger partial charge in [0.15, 0.2) is 5.78 Å². The third-order valence-corrected chi connectivity index (χ3v) is 7.58. The Morgan fingerprint density at radius 1 is 0.775 bits per heavy atom. The lowest BCUT2D eigenvalue weighted by atomic mass is 10.1. The molecule has 0 fully saturated rings. The molecule has 3 aromatic rings. The summed E-state index contributed by atoms with van der Waals surface area (Å²) in [6.45, 7) is 3.75. The van der Waals surface area contributed by atoms with Crippen LogP contribution in [0.1, 0.15) is 46.5 Å². The second-order valence-corrected chi connectivity index (χ2v) is 11.2. The van der Waals surface area contributed by atoms with Crippen molar-refractivity contribution in [3.05, 3.63) is 95.6 Å². The van der Waals surface area contributed by atoms with Gasteiger partial charge in [-0.1, -0.05) is 56.3 Å². The molecule has 212 valence electrons. The van der Waals surface area contributed by atoms with Crippen LogP contribution in [0.4, 0.5) is 4.79 Å². The van der Waals surface area contributed by atoms with E-state index in [1.807, 2.05) is 32.0 Å². The number of carbonyl (C=O) groups is 3. The van der Waals surface area contributed by atoms with Gasteiger partial charge >= 0.3 is 25.6 Å². The number of amides is 1. The lowest BCUT2D eigenvalue weighted by molar-refractivity contribution is 0.0591. The van der Waals surface area contributed by atoms with Gasteiger partial charge in [-0.25, -0.2) is 18.9 Å². The zero-order chi connectivity index (χ0) is 29.1. The fraction of sp³-hybridized carbons (Fsp3) is 0.276. The number of methoxy groups -OCH3 is 2. The second-order valence-electron chi connectivity index (χ2n) is 9.11. The predicted molar refractivity (Wildman–Crippen MR) is 147 cm³/mol. The van der Waals surface area contributed by atoms with Crippen LogP contribution in [0.2, 0.25) is 0 Å².